The number of sulfonamides is 1. The number of benzene rings is 1. The molecule has 0 saturated carbocycles. The van der Waals surface area contributed by atoms with E-state index in [0.29, 0.717) is 5.75 Å². The van der Waals surface area contributed by atoms with Crippen LogP contribution in [0.2, 0.25) is 0 Å². The SMILES string of the molecule is COc1ccc(OCCNS(=O)(=O)CCN)cc1. The van der Waals surface area contributed by atoms with E-state index in [0.717, 1.165) is 5.75 Å². The van der Waals surface area contributed by atoms with E-state index in [1.54, 1.807) is 31.4 Å². The fraction of sp³-hybridized carbons (Fsp3) is 0.455. The number of hydrogen-bond donors (Lipinski definition) is 2. The summed E-state index contributed by atoms with van der Waals surface area (Å²) in [6, 6.07) is 7.06. The van der Waals surface area contributed by atoms with E-state index in [-0.39, 0.29) is 25.4 Å². The summed E-state index contributed by atoms with van der Waals surface area (Å²) in [6.45, 7) is 0.583. The Labute approximate surface area is 107 Å². The highest BCUT2D eigenvalue weighted by molar-refractivity contribution is 7.89. The summed E-state index contributed by atoms with van der Waals surface area (Å²) < 4.78 is 35.3. The van der Waals surface area contributed by atoms with Crippen LogP contribution in [0.15, 0.2) is 24.3 Å². The third kappa shape index (κ3) is 5.35. The van der Waals surface area contributed by atoms with Gasteiger partial charge >= 0.3 is 0 Å². The molecule has 0 heterocycles. The van der Waals surface area contributed by atoms with Gasteiger partial charge in [0.2, 0.25) is 10.0 Å². The lowest BCUT2D eigenvalue weighted by Crippen LogP contribution is -2.32. The Hall–Kier alpha value is -1.31. The molecule has 6 nitrogen and oxygen atoms in total. The van der Waals surface area contributed by atoms with Crippen LogP contribution in [0.4, 0.5) is 0 Å². The van der Waals surface area contributed by atoms with Crippen LogP contribution in [-0.4, -0.2) is 41.0 Å². The third-order valence-corrected chi connectivity index (χ3v) is 3.56. The van der Waals surface area contributed by atoms with Gasteiger partial charge in [0.25, 0.3) is 0 Å². The standard InChI is InChI=1S/C11H18N2O4S/c1-16-10-2-4-11(5-3-10)17-8-7-13-18(14,15)9-6-12/h2-5,13H,6-9,12H2,1H3. The molecule has 1 aromatic carbocycles. The summed E-state index contributed by atoms with van der Waals surface area (Å²) in [5.74, 6) is 1.33. The average Bonchev–Trinajstić information content (AvgIpc) is 2.35. The first-order valence-electron chi connectivity index (χ1n) is 5.51. The van der Waals surface area contributed by atoms with Crippen LogP contribution >= 0.6 is 0 Å². The molecule has 0 bridgehead atoms. The summed E-state index contributed by atoms with van der Waals surface area (Å²) >= 11 is 0. The van der Waals surface area contributed by atoms with E-state index in [2.05, 4.69) is 4.72 Å². The van der Waals surface area contributed by atoms with Gasteiger partial charge in [-0.3, -0.25) is 0 Å². The van der Waals surface area contributed by atoms with Gasteiger partial charge in [0.15, 0.2) is 0 Å². The number of rotatable bonds is 8. The maximum absolute atomic E-state index is 11.3. The molecular formula is C11H18N2O4S. The zero-order valence-corrected chi connectivity index (χ0v) is 11.1. The molecule has 0 aromatic heterocycles. The first-order chi connectivity index (χ1) is 8.57. The van der Waals surface area contributed by atoms with Crippen LogP contribution in [0.3, 0.4) is 0 Å². The molecule has 0 radical (unpaired) electrons. The molecule has 7 heteroatoms. The Bertz CT molecular complexity index is 445. The Balaban J connectivity index is 2.29. The maximum atomic E-state index is 11.3. The molecule has 102 valence electrons. The number of methoxy groups -OCH3 is 1. The molecule has 0 spiro atoms. The zero-order valence-electron chi connectivity index (χ0n) is 10.3. The van der Waals surface area contributed by atoms with Gasteiger partial charge in [0.05, 0.1) is 12.9 Å². The molecule has 3 N–H and O–H groups in total. The summed E-state index contributed by atoms with van der Waals surface area (Å²) in [5.41, 5.74) is 5.17. The molecule has 0 saturated heterocycles. The molecule has 0 aliphatic heterocycles. The van der Waals surface area contributed by atoms with E-state index in [9.17, 15) is 8.42 Å². The van der Waals surface area contributed by atoms with Crippen molar-refractivity contribution in [3.8, 4) is 11.5 Å². The lowest BCUT2D eigenvalue weighted by atomic mass is 10.3. The largest absolute Gasteiger partial charge is 0.497 e. The van der Waals surface area contributed by atoms with E-state index in [1.165, 1.54) is 0 Å². The molecule has 1 aromatic rings. The van der Waals surface area contributed by atoms with E-state index >= 15 is 0 Å². The molecule has 0 aliphatic rings. The number of nitrogens with one attached hydrogen (secondary N) is 1. The van der Waals surface area contributed by atoms with Crippen molar-refractivity contribution in [1.29, 1.82) is 0 Å². The minimum atomic E-state index is -3.27. The molecule has 0 amide bonds. The monoisotopic (exact) mass is 274 g/mol. The van der Waals surface area contributed by atoms with Crippen molar-refractivity contribution in [1.82, 2.24) is 4.72 Å². The highest BCUT2D eigenvalue weighted by atomic mass is 32.2. The van der Waals surface area contributed by atoms with E-state index in [4.69, 9.17) is 15.2 Å². The van der Waals surface area contributed by atoms with Crippen molar-refractivity contribution in [2.75, 3.05) is 32.6 Å². The Morgan fingerprint density at radius 2 is 1.83 bits per heavy atom. The smallest absolute Gasteiger partial charge is 0.212 e. The Morgan fingerprint density at radius 3 is 2.39 bits per heavy atom. The molecule has 0 unspecified atom stereocenters. The van der Waals surface area contributed by atoms with Crippen LogP contribution in [-0.2, 0) is 10.0 Å². The van der Waals surface area contributed by atoms with Gasteiger partial charge in [0.1, 0.15) is 18.1 Å². The second-order valence-electron chi connectivity index (χ2n) is 3.53. The third-order valence-electron chi connectivity index (χ3n) is 2.14. The zero-order chi connectivity index (χ0) is 13.4. The fourth-order valence-electron chi connectivity index (χ4n) is 1.27. The number of nitrogens with two attached hydrogens (primary N) is 1. The minimum absolute atomic E-state index is 0.0739. The number of hydrogen-bond acceptors (Lipinski definition) is 5. The number of ether oxygens (including phenoxy) is 2. The van der Waals surface area contributed by atoms with E-state index in [1.807, 2.05) is 0 Å². The van der Waals surface area contributed by atoms with Crippen LogP contribution in [0.1, 0.15) is 0 Å². The van der Waals surface area contributed by atoms with Crippen molar-refractivity contribution in [2.24, 2.45) is 5.73 Å². The van der Waals surface area contributed by atoms with Gasteiger partial charge in [-0.15, -0.1) is 0 Å². The Morgan fingerprint density at radius 1 is 1.22 bits per heavy atom. The van der Waals surface area contributed by atoms with Crippen molar-refractivity contribution in [3.05, 3.63) is 24.3 Å². The summed E-state index contributed by atoms with van der Waals surface area (Å²) in [6.07, 6.45) is 0. The van der Waals surface area contributed by atoms with Crippen LogP contribution in [0.25, 0.3) is 0 Å². The second-order valence-corrected chi connectivity index (χ2v) is 5.45. The molecular weight excluding hydrogens is 256 g/mol. The maximum Gasteiger partial charge on any atom is 0.212 e. The molecule has 0 aliphatic carbocycles. The van der Waals surface area contributed by atoms with Crippen LogP contribution in [0.5, 0.6) is 11.5 Å². The van der Waals surface area contributed by atoms with Crippen molar-refractivity contribution in [2.45, 2.75) is 0 Å². The Kier molecular flexibility index (Phi) is 5.90. The minimum Gasteiger partial charge on any atom is -0.497 e. The quantitative estimate of drug-likeness (QED) is 0.649. The van der Waals surface area contributed by atoms with Gasteiger partial charge in [-0.2, -0.15) is 0 Å². The first kappa shape index (κ1) is 14.7. The summed E-state index contributed by atoms with van der Waals surface area (Å²) in [5, 5.41) is 0. The van der Waals surface area contributed by atoms with Gasteiger partial charge < -0.3 is 15.2 Å². The fourth-order valence-corrected chi connectivity index (χ4v) is 2.11. The van der Waals surface area contributed by atoms with Gasteiger partial charge in [0, 0.05) is 13.1 Å². The molecule has 0 atom stereocenters. The predicted molar refractivity (Wildman–Crippen MR) is 69.3 cm³/mol. The molecule has 18 heavy (non-hydrogen) atoms. The van der Waals surface area contributed by atoms with Crippen molar-refractivity contribution >= 4 is 10.0 Å². The highest BCUT2D eigenvalue weighted by Crippen LogP contribution is 2.16. The van der Waals surface area contributed by atoms with Crippen LogP contribution in [0, 0.1) is 0 Å². The topological polar surface area (TPSA) is 90.6 Å². The van der Waals surface area contributed by atoms with Crippen LogP contribution < -0.4 is 19.9 Å². The van der Waals surface area contributed by atoms with Crippen molar-refractivity contribution in [3.63, 3.8) is 0 Å². The molecule has 0 fully saturated rings. The lowest BCUT2D eigenvalue weighted by molar-refractivity contribution is 0.322. The van der Waals surface area contributed by atoms with Crippen molar-refractivity contribution < 1.29 is 17.9 Å². The second kappa shape index (κ2) is 7.20. The summed E-state index contributed by atoms with van der Waals surface area (Å²) in [4.78, 5) is 0. The van der Waals surface area contributed by atoms with E-state index < -0.39 is 10.0 Å². The summed E-state index contributed by atoms with van der Waals surface area (Å²) in [7, 11) is -1.69. The first-order valence-corrected chi connectivity index (χ1v) is 7.17. The predicted octanol–water partition coefficient (Wildman–Crippen LogP) is -0.0479. The normalized spacial score (nSPS) is 11.2. The average molecular weight is 274 g/mol. The molecule has 1 rings (SSSR count). The van der Waals surface area contributed by atoms with Gasteiger partial charge in [-0.25, -0.2) is 13.1 Å². The van der Waals surface area contributed by atoms with Gasteiger partial charge in [-0.1, -0.05) is 0 Å². The highest BCUT2D eigenvalue weighted by Gasteiger charge is 2.07. The lowest BCUT2D eigenvalue weighted by Gasteiger charge is -2.08. The van der Waals surface area contributed by atoms with Gasteiger partial charge in [-0.05, 0) is 24.3 Å².